The number of nitrogens with zero attached hydrogens (tertiary/aromatic N) is 1. The first-order chi connectivity index (χ1) is 12.2. The highest BCUT2D eigenvalue weighted by molar-refractivity contribution is 6.07. The van der Waals surface area contributed by atoms with Crippen LogP contribution in [0.4, 0.5) is 0 Å². The molecule has 3 aromatic rings. The smallest absolute Gasteiger partial charge is 0.255 e. The van der Waals surface area contributed by atoms with Gasteiger partial charge in [0, 0.05) is 31.6 Å². The number of rotatable bonds is 4. The van der Waals surface area contributed by atoms with Gasteiger partial charge in [-0.2, -0.15) is 0 Å². The maximum Gasteiger partial charge on any atom is 0.255 e. The minimum Gasteiger partial charge on any atom is -0.461 e. The van der Waals surface area contributed by atoms with Gasteiger partial charge in [-0.25, -0.2) is 0 Å². The number of carbonyl (C=O) groups excluding carboxylic acids is 1. The van der Waals surface area contributed by atoms with Crippen LogP contribution in [0.2, 0.25) is 0 Å². The quantitative estimate of drug-likeness (QED) is 0.794. The van der Waals surface area contributed by atoms with Crippen molar-refractivity contribution in [2.75, 3.05) is 19.6 Å². The van der Waals surface area contributed by atoms with Gasteiger partial charge in [0.05, 0.1) is 5.56 Å². The van der Waals surface area contributed by atoms with E-state index in [9.17, 15) is 4.79 Å². The third kappa shape index (κ3) is 3.17. The molecule has 0 saturated carbocycles. The molecule has 4 nitrogen and oxygen atoms in total. The standard InChI is InChI=1S/C21H22N2O2/c1-15-20(18-8-4-5-9-19(18)25-15)21(24)22-11-13-23-12-10-16-6-2-3-7-17(16)14-23/h2-9H,10-14H2,1H3,(H,22,24). The van der Waals surface area contributed by atoms with Crippen LogP contribution < -0.4 is 5.32 Å². The van der Waals surface area contributed by atoms with Gasteiger partial charge < -0.3 is 9.73 Å². The van der Waals surface area contributed by atoms with Crippen molar-refractivity contribution < 1.29 is 9.21 Å². The molecule has 1 aliphatic rings. The topological polar surface area (TPSA) is 45.5 Å². The molecule has 0 aliphatic carbocycles. The van der Waals surface area contributed by atoms with Crippen molar-refractivity contribution in [2.24, 2.45) is 0 Å². The molecule has 25 heavy (non-hydrogen) atoms. The fourth-order valence-corrected chi connectivity index (χ4v) is 3.61. The number of para-hydroxylation sites is 1. The molecule has 4 heteroatoms. The van der Waals surface area contributed by atoms with Gasteiger partial charge >= 0.3 is 0 Å². The lowest BCUT2D eigenvalue weighted by atomic mass is 10.00. The van der Waals surface area contributed by atoms with Gasteiger partial charge in [0.1, 0.15) is 11.3 Å². The maximum absolute atomic E-state index is 12.6. The number of hydrogen-bond acceptors (Lipinski definition) is 3. The van der Waals surface area contributed by atoms with Gasteiger partial charge in [0.2, 0.25) is 0 Å². The number of aryl methyl sites for hydroxylation is 1. The van der Waals surface area contributed by atoms with Crippen molar-refractivity contribution in [3.8, 4) is 0 Å². The van der Waals surface area contributed by atoms with E-state index in [1.54, 1.807) is 0 Å². The lowest BCUT2D eigenvalue weighted by Crippen LogP contribution is -2.37. The van der Waals surface area contributed by atoms with Crippen LogP contribution in [0, 0.1) is 6.92 Å². The van der Waals surface area contributed by atoms with E-state index in [4.69, 9.17) is 4.42 Å². The van der Waals surface area contributed by atoms with Gasteiger partial charge in [0.15, 0.2) is 0 Å². The first kappa shape index (κ1) is 15.9. The zero-order valence-electron chi connectivity index (χ0n) is 14.4. The largest absolute Gasteiger partial charge is 0.461 e. The molecule has 0 radical (unpaired) electrons. The van der Waals surface area contributed by atoms with E-state index >= 15 is 0 Å². The summed E-state index contributed by atoms with van der Waals surface area (Å²) < 4.78 is 5.68. The SMILES string of the molecule is Cc1oc2ccccc2c1C(=O)NCCN1CCc2ccccc2C1. The summed E-state index contributed by atoms with van der Waals surface area (Å²) in [6, 6.07) is 16.3. The summed E-state index contributed by atoms with van der Waals surface area (Å²) in [6.07, 6.45) is 1.08. The summed E-state index contributed by atoms with van der Waals surface area (Å²) in [5.41, 5.74) is 4.26. The summed E-state index contributed by atoms with van der Waals surface area (Å²) in [5.74, 6) is 0.616. The Morgan fingerprint density at radius 3 is 2.76 bits per heavy atom. The molecule has 1 aromatic heterocycles. The zero-order chi connectivity index (χ0) is 17.2. The fraction of sp³-hybridized carbons (Fsp3) is 0.286. The molecular formula is C21H22N2O2. The third-order valence-electron chi connectivity index (χ3n) is 4.92. The molecule has 0 atom stereocenters. The van der Waals surface area contributed by atoms with E-state index in [0.717, 1.165) is 37.0 Å². The lowest BCUT2D eigenvalue weighted by molar-refractivity contribution is 0.0947. The Morgan fingerprint density at radius 1 is 1.12 bits per heavy atom. The summed E-state index contributed by atoms with van der Waals surface area (Å²) in [4.78, 5) is 15.0. The molecule has 0 fully saturated rings. The van der Waals surface area contributed by atoms with Crippen LogP contribution in [0.5, 0.6) is 0 Å². The summed E-state index contributed by atoms with van der Waals surface area (Å²) >= 11 is 0. The molecule has 1 N–H and O–H groups in total. The average molecular weight is 334 g/mol. The number of furan rings is 1. The van der Waals surface area contributed by atoms with Crippen LogP contribution in [0.3, 0.4) is 0 Å². The number of nitrogens with one attached hydrogen (secondary N) is 1. The molecule has 2 heterocycles. The second kappa shape index (κ2) is 6.73. The second-order valence-corrected chi connectivity index (χ2v) is 6.58. The van der Waals surface area contributed by atoms with E-state index in [-0.39, 0.29) is 5.91 Å². The van der Waals surface area contributed by atoms with Crippen LogP contribution in [0.15, 0.2) is 52.9 Å². The van der Waals surface area contributed by atoms with Gasteiger partial charge in [-0.15, -0.1) is 0 Å². The highest BCUT2D eigenvalue weighted by Gasteiger charge is 2.19. The van der Waals surface area contributed by atoms with Crippen LogP contribution in [-0.2, 0) is 13.0 Å². The number of hydrogen-bond donors (Lipinski definition) is 1. The Bertz CT molecular complexity index is 913. The molecule has 1 aliphatic heterocycles. The predicted octanol–water partition coefficient (Wildman–Crippen LogP) is 3.53. The Kier molecular flexibility index (Phi) is 4.28. The van der Waals surface area contributed by atoms with Gasteiger partial charge in [0.25, 0.3) is 5.91 Å². The van der Waals surface area contributed by atoms with E-state index in [1.165, 1.54) is 11.1 Å². The first-order valence-electron chi connectivity index (χ1n) is 8.78. The van der Waals surface area contributed by atoms with Gasteiger partial charge in [-0.05, 0) is 30.5 Å². The van der Waals surface area contributed by atoms with E-state index < -0.39 is 0 Å². The normalized spacial score (nSPS) is 14.4. The molecule has 4 rings (SSSR count). The van der Waals surface area contributed by atoms with Crippen molar-refractivity contribution in [3.63, 3.8) is 0 Å². The molecule has 1 amide bonds. The van der Waals surface area contributed by atoms with E-state index in [0.29, 0.717) is 17.9 Å². The average Bonchev–Trinajstić information content (AvgIpc) is 2.97. The third-order valence-corrected chi connectivity index (χ3v) is 4.92. The first-order valence-corrected chi connectivity index (χ1v) is 8.78. The second-order valence-electron chi connectivity index (χ2n) is 6.58. The fourth-order valence-electron chi connectivity index (χ4n) is 3.61. The molecule has 128 valence electrons. The van der Waals surface area contributed by atoms with Gasteiger partial charge in [-0.3, -0.25) is 9.69 Å². The monoisotopic (exact) mass is 334 g/mol. The Morgan fingerprint density at radius 2 is 1.88 bits per heavy atom. The highest BCUT2D eigenvalue weighted by atomic mass is 16.3. The van der Waals surface area contributed by atoms with Crippen molar-refractivity contribution in [1.82, 2.24) is 10.2 Å². The predicted molar refractivity (Wildman–Crippen MR) is 98.7 cm³/mol. The Labute approximate surface area is 147 Å². The Hall–Kier alpha value is -2.59. The van der Waals surface area contributed by atoms with E-state index in [1.807, 2.05) is 31.2 Å². The number of fused-ring (bicyclic) bond motifs is 2. The van der Waals surface area contributed by atoms with Gasteiger partial charge in [-0.1, -0.05) is 42.5 Å². The van der Waals surface area contributed by atoms with Crippen molar-refractivity contribution in [2.45, 2.75) is 19.9 Å². The molecule has 0 unspecified atom stereocenters. The minimum absolute atomic E-state index is 0.0557. The van der Waals surface area contributed by atoms with Crippen LogP contribution >= 0.6 is 0 Å². The lowest BCUT2D eigenvalue weighted by Gasteiger charge is -2.28. The zero-order valence-corrected chi connectivity index (χ0v) is 14.4. The minimum atomic E-state index is -0.0557. The van der Waals surface area contributed by atoms with Crippen LogP contribution in [0.25, 0.3) is 11.0 Å². The summed E-state index contributed by atoms with van der Waals surface area (Å²) in [5, 5.41) is 3.93. The molecule has 0 bridgehead atoms. The van der Waals surface area contributed by atoms with E-state index in [2.05, 4.69) is 34.5 Å². The number of benzene rings is 2. The number of amides is 1. The number of carbonyl (C=O) groups is 1. The van der Waals surface area contributed by atoms with Crippen molar-refractivity contribution in [3.05, 3.63) is 71.0 Å². The van der Waals surface area contributed by atoms with Crippen molar-refractivity contribution in [1.29, 1.82) is 0 Å². The van der Waals surface area contributed by atoms with Crippen LogP contribution in [0.1, 0.15) is 27.2 Å². The molecule has 0 spiro atoms. The summed E-state index contributed by atoms with van der Waals surface area (Å²) in [7, 11) is 0. The Balaban J connectivity index is 1.37. The molecule has 2 aromatic carbocycles. The van der Waals surface area contributed by atoms with Crippen LogP contribution in [-0.4, -0.2) is 30.4 Å². The maximum atomic E-state index is 12.6. The molecular weight excluding hydrogens is 312 g/mol. The molecule has 0 saturated heterocycles. The highest BCUT2D eigenvalue weighted by Crippen LogP contribution is 2.25. The summed E-state index contributed by atoms with van der Waals surface area (Å²) in [6.45, 7) is 5.34. The van der Waals surface area contributed by atoms with Crippen molar-refractivity contribution >= 4 is 16.9 Å².